The van der Waals surface area contributed by atoms with Crippen molar-refractivity contribution in [2.75, 3.05) is 0 Å². The Morgan fingerprint density at radius 2 is 1.38 bits per heavy atom. The monoisotopic (exact) mass is 550 g/mol. The summed E-state index contributed by atoms with van der Waals surface area (Å²) in [6.45, 7) is 4.99. The van der Waals surface area contributed by atoms with Crippen LogP contribution in [0, 0.1) is 0 Å². The van der Waals surface area contributed by atoms with Gasteiger partial charge in [-0.15, -0.1) is 31.1 Å². The standard InChI is InChI=1S/C23H24F6N4O3S/c1-20(2,3)37(34)32-21(13-19-30-14-31-33(19)4,15-7-5-9-17(11-15)35-22(24,25)26)16-8-6-10-18(12-16)36-23(27,28)29/h5-12,14,32H,13H2,1-4H3. The average molecular weight is 551 g/mol. The number of aryl methyl sites for hydroxylation is 1. The Morgan fingerprint density at radius 1 is 0.892 bits per heavy atom. The van der Waals surface area contributed by atoms with Gasteiger partial charge in [0.1, 0.15) is 33.9 Å². The number of halogens is 6. The van der Waals surface area contributed by atoms with E-state index < -0.39 is 45.9 Å². The van der Waals surface area contributed by atoms with Gasteiger partial charge in [0.25, 0.3) is 0 Å². The summed E-state index contributed by atoms with van der Waals surface area (Å²) < 4.78 is 103. The second-order valence-electron chi connectivity index (χ2n) is 9.02. The molecule has 0 aliphatic carbocycles. The van der Waals surface area contributed by atoms with E-state index >= 15 is 0 Å². The van der Waals surface area contributed by atoms with E-state index in [1.807, 2.05) is 0 Å². The van der Waals surface area contributed by atoms with Crippen LogP contribution in [0.25, 0.3) is 0 Å². The molecule has 0 spiro atoms. The fraction of sp³-hybridized carbons (Fsp3) is 0.391. The highest BCUT2D eigenvalue weighted by Crippen LogP contribution is 2.39. The van der Waals surface area contributed by atoms with E-state index in [9.17, 15) is 30.9 Å². The molecule has 0 bridgehead atoms. The predicted octanol–water partition coefficient (Wildman–Crippen LogP) is 5.15. The molecule has 0 radical (unpaired) electrons. The van der Waals surface area contributed by atoms with Crippen LogP contribution in [-0.4, -0.2) is 36.8 Å². The van der Waals surface area contributed by atoms with Crippen LogP contribution in [0.4, 0.5) is 26.3 Å². The maximum absolute atomic E-state index is 13.4. The summed E-state index contributed by atoms with van der Waals surface area (Å²) in [5.74, 6) is -0.834. The Morgan fingerprint density at radius 3 is 1.76 bits per heavy atom. The second kappa shape index (κ2) is 10.4. The van der Waals surface area contributed by atoms with E-state index in [4.69, 9.17) is 0 Å². The zero-order valence-electron chi connectivity index (χ0n) is 20.1. The lowest BCUT2D eigenvalue weighted by Crippen LogP contribution is -2.53. The quantitative estimate of drug-likeness (QED) is 0.309. The molecular weight excluding hydrogens is 526 g/mol. The topological polar surface area (TPSA) is 84.3 Å². The molecule has 1 unspecified atom stereocenters. The third-order valence-electron chi connectivity index (χ3n) is 5.17. The van der Waals surface area contributed by atoms with Gasteiger partial charge in [0, 0.05) is 24.8 Å². The minimum absolute atomic E-state index is 0.124. The molecule has 202 valence electrons. The lowest BCUT2D eigenvalue weighted by Gasteiger charge is -2.38. The average Bonchev–Trinajstić information content (AvgIpc) is 3.14. The fourth-order valence-electron chi connectivity index (χ4n) is 3.47. The number of hydrogen-bond donors (Lipinski definition) is 1. The molecule has 37 heavy (non-hydrogen) atoms. The van der Waals surface area contributed by atoms with Crippen LogP contribution in [0.3, 0.4) is 0 Å². The van der Waals surface area contributed by atoms with Gasteiger partial charge < -0.3 is 14.0 Å². The SMILES string of the molecule is Cn1ncnc1CC(N[S+]([O-])C(C)(C)C)(c1cccc(OC(F)(F)F)c1)c1cccc(OC(F)(F)F)c1. The summed E-state index contributed by atoms with van der Waals surface area (Å²) in [5, 5.41) is 4.00. The zero-order chi connectivity index (χ0) is 27.6. The highest BCUT2D eigenvalue weighted by molar-refractivity contribution is 7.90. The Hall–Kier alpha value is -2.97. The summed E-state index contributed by atoms with van der Waals surface area (Å²) in [5.41, 5.74) is -1.41. The van der Waals surface area contributed by atoms with Crippen LogP contribution in [-0.2, 0) is 30.4 Å². The molecule has 2 aromatic carbocycles. The van der Waals surface area contributed by atoms with Gasteiger partial charge in [-0.05, 0) is 56.2 Å². The number of rotatable bonds is 8. The minimum atomic E-state index is -4.99. The van der Waals surface area contributed by atoms with Gasteiger partial charge in [-0.3, -0.25) is 4.68 Å². The molecule has 1 N–H and O–H groups in total. The van der Waals surface area contributed by atoms with Gasteiger partial charge in [-0.1, -0.05) is 24.3 Å². The van der Waals surface area contributed by atoms with E-state index in [1.165, 1.54) is 35.3 Å². The van der Waals surface area contributed by atoms with Crippen LogP contribution in [0.15, 0.2) is 54.9 Å². The van der Waals surface area contributed by atoms with Crippen molar-refractivity contribution in [3.8, 4) is 11.5 Å². The molecule has 0 fully saturated rings. The van der Waals surface area contributed by atoms with Crippen LogP contribution < -0.4 is 14.2 Å². The van der Waals surface area contributed by atoms with Crippen molar-refractivity contribution in [1.29, 1.82) is 0 Å². The summed E-state index contributed by atoms with van der Waals surface area (Å²) >= 11 is -1.86. The number of benzene rings is 2. The Kier molecular flexibility index (Phi) is 8.05. The van der Waals surface area contributed by atoms with E-state index in [0.29, 0.717) is 5.82 Å². The zero-order valence-corrected chi connectivity index (χ0v) is 21.0. The van der Waals surface area contributed by atoms with Crippen molar-refractivity contribution in [3.05, 3.63) is 71.8 Å². The second-order valence-corrected chi connectivity index (χ2v) is 11.0. The van der Waals surface area contributed by atoms with Crippen molar-refractivity contribution in [1.82, 2.24) is 19.5 Å². The normalized spacial score (nSPS) is 13.9. The number of ether oxygens (including phenoxy) is 2. The predicted molar refractivity (Wildman–Crippen MR) is 123 cm³/mol. The Bertz CT molecular complexity index is 1150. The number of nitrogens with one attached hydrogen (secondary N) is 1. The first-order valence-corrected chi connectivity index (χ1v) is 11.9. The first kappa shape index (κ1) is 28.6. The third-order valence-corrected chi connectivity index (χ3v) is 6.82. The van der Waals surface area contributed by atoms with Crippen molar-refractivity contribution in [2.24, 2.45) is 7.05 Å². The van der Waals surface area contributed by atoms with Crippen molar-refractivity contribution < 1.29 is 40.4 Å². The third kappa shape index (κ3) is 7.52. The molecule has 3 aromatic rings. The molecule has 0 saturated carbocycles. The number of alkyl halides is 6. The molecule has 7 nitrogen and oxygen atoms in total. The largest absolute Gasteiger partial charge is 0.598 e. The van der Waals surface area contributed by atoms with E-state index in [1.54, 1.807) is 27.8 Å². The number of nitrogens with zero attached hydrogens (tertiary/aromatic N) is 3. The Balaban J connectivity index is 2.29. The van der Waals surface area contributed by atoms with E-state index in [2.05, 4.69) is 24.3 Å². The van der Waals surface area contributed by atoms with Crippen molar-refractivity contribution in [3.63, 3.8) is 0 Å². The van der Waals surface area contributed by atoms with Crippen LogP contribution in [0.5, 0.6) is 11.5 Å². The summed E-state index contributed by atoms with van der Waals surface area (Å²) in [6.07, 6.45) is -8.90. The van der Waals surface area contributed by atoms with Crippen molar-refractivity contribution >= 4 is 11.4 Å². The summed E-state index contributed by atoms with van der Waals surface area (Å²) in [6, 6.07) is 9.79. The van der Waals surface area contributed by atoms with Gasteiger partial charge >= 0.3 is 12.7 Å². The maximum Gasteiger partial charge on any atom is 0.573 e. The van der Waals surface area contributed by atoms with E-state index in [-0.39, 0.29) is 17.5 Å². The van der Waals surface area contributed by atoms with Crippen LogP contribution in [0.1, 0.15) is 37.7 Å². The van der Waals surface area contributed by atoms with Crippen LogP contribution in [0.2, 0.25) is 0 Å². The molecule has 14 heteroatoms. The highest BCUT2D eigenvalue weighted by atomic mass is 32.2. The Labute approximate surface area is 212 Å². The fourth-order valence-corrected chi connectivity index (χ4v) is 4.40. The van der Waals surface area contributed by atoms with Gasteiger partial charge in [-0.2, -0.15) is 5.10 Å². The molecule has 0 aliphatic rings. The number of aromatic nitrogens is 3. The smallest absolute Gasteiger partial charge is 0.573 e. The minimum Gasteiger partial charge on any atom is -0.598 e. The summed E-state index contributed by atoms with van der Waals surface area (Å²) in [4.78, 5) is 4.18. The molecule has 0 aliphatic heterocycles. The molecule has 1 heterocycles. The first-order chi connectivity index (χ1) is 17.0. The lowest BCUT2D eigenvalue weighted by atomic mass is 9.80. The van der Waals surface area contributed by atoms with Gasteiger partial charge in [-0.25, -0.2) is 4.98 Å². The van der Waals surface area contributed by atoms with Crippen LogP contribution >= 0.6 is 0 Å². The number of hydrogen-bond acceptors (Lipinski definition) is 6. The molecule has 0 amide bonds. The van der Waals surface area contributed by atoms with Crippen molar-refractivity contribution in [2.45, 2.75) is 50.2 Å². The van der Waals surface area contributed by atoms with Gasteiger partial charge in [0.2, 0.25) is 0 Å². The molecular formula is C23H24F6N4O3S. The van der Waals surface area contributed by atoms with Gasteiger partial charge in [0.15, 0.2) is 0 Å². The molecule has 1 aromatic heterocycles. The van der Waals surface area contributed by atoms with E-state index in [0.717, 1.165) is 24.3 Å². The lowest BCUT2D eigenvalue weighted by molar-refractivity contribution is -0.275. The molecule has 3 rings (SSSR count). The highest BCUT2D eigenvalue weighted by Gasteiger charge is 2.44. The molecule has 1 atom stereocenters. The van der Waals surface area contributed by atoms with Gasteiger partial charge in [0.05, 0.1) is 0 Å². The summed E-state index contributed by atoms with van der Waals surface area (Å²) in [7, 11) is 1.57. The first-order valence-electron chi connectivity index (χ1n) is 10.7. The maximum atomic E-state index is 13.4. The molecule has 0 saturated heterocycles.